The summed E-state index contributed by atoms with van der Waals surface area (Å²) in [6.07, 6.45) is 3.55. The van der Waals surface area contributed by atoms with Gasteiger partial charge in [-0.05, 0) is 32.6 Å². The van der Waals surface area contributed by atoms with Crippen LogP contribution in [0.3, 0.4) is 0 Å². The van der Waals surface area contributed by atoms with Crippen molar-refractivity contribution < 1.29 is 14.4 Å². The Morgan fingerprint density at radius 1 is 1.39 bits per heavy atom. The van der Waals surface area contributed by atoms with Gasteiger partial charge in [-0.2, -0.15) is 0 Å². The van der Waals surface area contributed by atoms with E-state index in [0.29, 0.717) is 5.69 Å². The first kappa shape index (κ1) is 15.7. The lowest BCUT2D eigenvalue weighted by Crippen LogP contribution is -2.35. The van der Waals surface area contributed by atoms with Crippen molar-refractivity contribution >= 4 is 5.91 Å². The quantitative estimate of drug-likeness (QED) is 0.921. The molecule has 122 valence electrons. The smallest absolute Gasteiger partial charge is 0.292 e. The number of hydrogen-bond donors (Lipinski definition) is 1. The number of rotatable bonds is 5. The maximum atomic E-state index is 12.6. The van der Waals surface area contributed by atoms with Crippen molar-refractivity contribution in [3.05, 3.63) is 41.7 Å². The Morgan fingerprint density at radius 3 is 2.91 bits per heavy atom. The predicted octanol–water partition coefficient (Wildman–Crippen LogP) is 3.03. The molecule has 0 spiro atoms. The summed E-state index contributed by atoms with van der Waals surface area (Å²) in [7, 11) is 0. The van der Waals surface area contributed by atoms with Crippen LogP contribution in [-0.4, -0.2) is 40.3 Å². The summed E-state index contributed by atoms with van der Waals surface area (Å²) in [5.74, 6) is 0.188. The zero-order valence-electron chi connectivity index (χ0n) is 13.4. The average molecular weight is 314 g/mol. The summed E-state index contributed by atoms with van der Waals surface area (Å²) in [5, 5.41) is 13.0. The molecule has 1 saturated heterocycles. The number of carbonyl (C=O) groups is 1. The van der Waals surface area contributed by atoms with Crippen molar-refractivity contribution in [3.63, 3.8) is 0 Å². The van der Waals surface area contributed by atoms with E-state index in [9.17, 15) is 4.79 Å². The van der Waals surface area contributed by atoms with Crippen molar-refractivity contribution in [2.75, 3.05) is 13.2 Å². The summed E-state index contributed by atoms with van der Waals surface area (Å²) < 4.78 is 5.29. The number of carbonyl (C=O) groups excluding carboxylic acids is 1. The number of nitrogens with zero attached hydrogens (tertiary/aromatic N) is 2. The first-order chi connectivity index (χ1) is 11.2. The number of aliphatic hydroxyl groups excluding tert-OH is 1. The van der Waals surface area contributed by atoms with E-state index < -0.39 is 0 Å². The Morgan fingerprint density at radius 2 is 2.17 bits per heavy atom. The van der Waals surface area contributed by atoms with Crippen LogP contribution >= 0.6 is 0 Å². The van der Waals surface area contributed by atoms with E-state index in [1.807, 2.05) is 36.1 Å². The van der Waals surface area contributed by atoms with Gasteiger partial charge in [0, 0.05) is 30.8 Å². The maximum absolute atomic E-state index is 12.6. The predicted molar refractivity (Wildman–Crippen MR) is 87.1 cm³/mol. The molecular weight excluding hydrogens is 292 g/mol. The lowest BCUT2D eigenvalue weighted by atomic mass is 10.1. The van der Waals surface area contributed by atoms with Gasteiger partial charge in [-0.3, -0.25) is 4.79 Å². The van der Waals surface area contributed by atoms with Gasteiger partial charge in [0.15, 0.2) is 0 Å². The molecule has 1 amide bonds. The van der Waals surface area contributed by atoms with E-state index in [0.717, 1.165) is 37.8 Å². The molecule has 0 bridgehead atoms. The van der Waals surface area contributed by atoms with Gasteiger partial charge in [0.1, 0.15) is 5.69 Å². The summed E-state index contributed by atoms with van der Waals surface area (Å²) in [6.45, 7) is 2.94. The minimum Gasteiger partial charge on any atom is -0.396 e. The van der Waals surface area contributed by atoms with Gasteiger partial charge in [-0.25, -0.2) is 0 Å². The van der Waals surface area contributed by atoms with Crippen molar-refractivity contribution in [1.82, 2.24) is 10.1 Å². The Balaban J connectivity index is 1.74. The number of hydrogen-bond acceptors (Lipinski definition) is 4. The van der Waals surface area contributed by atoms with Crippen molar-refractivity contribution in [2.24, 2.45) is 0 Å². The molecule has 2 aromatic rings. The fourth-order valence-electron chi connectivity index (χ4n) is 3.11. The largest absolute Gasteiger partial charge is 0.396 e. The molecule has 1 aliphatic heterocycles. The minimum absolute atomic E-state index is 0.101. The van der Waals surface area contributed by atoms with Crippen molar-refractivity contribution in [2.45, 2.75) is 38.6 Å². The van der Waals surface area contributed by atoms with Crippen LogP contribution in [0.4, 0.5) is 0 Å². The molecule has 5 heteroatoms. The monoisotopic (exact) mass is 314 g/mol. The highest BCUT2D eigenvalue weighted by atomic mass is 16.5. The first-order valence-electron chi connectivity index (χ1n) is 8.14. The van der Waals surface area contributed by atoms with Gasteiger partial charge in [0.25, 0.3) is 5.91 Å². The molecule has 1 atom stereocenters. The molecule has 3 rings (SSSR count). The van der Waals surface area contributed by atoms with E-state index in [2.05, 4.69) is 5.16 Å². The fourth-order valence-corrected chi connectivity index (χ4v) is 3.11. The van der Waals surface area contributed by atoms with Gasteiger partial charge in [-0.1, -0.05) is 35.0 Å². The topological polar surface area (TPSA) is 66.6 Å². The second kappa shape index (κ2) is 6.96. The first-order valence-corrected chi connectivity index (χ1v) is 8.14. The number of aryl methyl sites for hydroxylation is 1. The second-order valence-corrected chi connectivity index (χ2v) is 6.10. The molecular formula is C18H22N2O3. The summed E-state index contributed by atoms with van der Waals surface area (Å²) >= 11 is 0. The van der Waals surface area contributed by atoms with Crippen LogP contribution in [0.1, 0.15) is 41.8 Å². The summed E-state index contributed by atoms with van der Waals surface area (Å²) in [5.41, 5.74) is 2.80. The average Bonchev–Trinajstić information content (AvgIpc) is 3.22. The molecule has 0 aliphatic carbocycles. The number of amides is 1. The summed E-state index contributed by atoms with van der Waals surface area (Å²) in [4.78, 5) is 14.5. The van der Waals surface area contributed by atoms with Crippen LogP contribution in [0.15, 0.2) is 34.9 Å². The SMILES string of the molecule is Cc1ccc(-c2cc(C(=O)N3CCCC3CCCO)on2)cc1. The molecule has 0 radical (unpaired) electrons. The lowest BCUT2D eigenvalue weighted by Gasteiger charge is -2.23. The van der Waals surface area contributed by atoms with Crippen LogP contribution in [0.2, 0.25) is 0 Å². The molecule has 1 aromatic heterocycles. The Hall–Kier alpha value is -2.14. The molecule has 1 aromatic carbocycles. The Kier molecular flexibility index (Phi) is 4.76. The highest BCUT2D eigenvalue weighted by Crippen LogP contribution is 2.25. The van der Waals surface area contributed by atoms with Crippen LogP contribution in [0, 0.1) is 6.92 Å². The zero-order chi connectivity index (χ0) is 16.2. The fraction of sp³-hybridized carbons (Fsp3) is 0.444. The van der Waals surface area contributed by atoms with Crippen LogP contribution in [0.5, 0.6) is 0 Å². The van der Waals surface area contributed by atoms with Crippen molar-refractivity contribution in [3.8, 4) is 11.3 Å². The van der Waals surface area contributed by atoms with E-state index in [4.69, 9.17) is 9.63 Å². The third-order valence-electron chi connectivity index (χ3n) is 4.40. The minimum atomic E-state index is -0.101. The second-order valence-electron chi connectivity index (χ2n) is 6.10. The highest BCUT2D eigenvalue weighted by molar-refractivity contribution is 5.92. The molecule has 1 aliphatic rings. The maximum Gasteiger partial charge on any atom is 0.292 e. The molecule has 1 fully saturated rings. The highest BCUT2D eigenvalue weighted by Gasteiger charge is 2.31. The molecule has 5 nitrogen and oxygen atoms in total. The third-order valence-corrected chi connectivity index (χ3v) is 4.40. The Bertz CT molecular complexity index is 663. The number of likely N-dealkylation sites (tertiary alicyclic amines) is 1. The zero-order valence-corrected chi connectivity index (χ0v) is 13.4. The van der Waals surface area contributed by atoms with Gasteiger partial charge in [0.2, 0.25) is 5.76 Å². The normalized spacial score (nSPS) is 17.7. The number of benzene rings is 1. The molecule has 23 heavy (non-hydrogen) atoms. The molecule has 2 heterocycles. The molecule has 1 N–H and O–H groups in total. The van der Waals surface area contributed by atoms with Crippen LogP contribution < -0.4 is 0 Å². The van der Waals surface area contributed by atoms with E-state index >= 15 is 0 Å². The standard InChI is InChI=1S/C18H22N2O3/c1-13-6-8-14(9-7-13)16-12-17(23-19-16)18(22)20-10-2-4-15(20)5-3-11-21/h6-9,12,15,21H,2-5,10-11H2,1H3. The van der Waals surface area contributed by atoms with E-state index in [1.54, 1.807) is 6.07 Å². The van der Waals surface area contributed by atoms with E-state index in [-0.39, 0.29) is 24.3 Å². The van der Waals surface area contributed by atoms with Gasteiger partial charge in [-0.15, -0.1) is 0 Å². The number of aliphatic hydroxyl groups is 1. The van der Waals surface area contributed by atoms with Gasteiger partial charge < -0.3 is 14.5 Å². The van der Waals surface area contributed by atoms with Crippen molar-refractivity contribution in [1.29, 1.82) is 0 Å². The lowest BCUT2D eigenvalue weighted by molar-refractivity contribution is 0.0682. The molecule has 1 unspecified atom stereocenters. The molecule has 0 saturated carbocycles. The summed E-state index contributed by atoms with van der Waals surface area (Å²) in [6, 6.07) is 9.88. The van der Waals surface area contributed by atoms with Gasteiger partial charge >= 0.3 is 0 Å². The van der Waals surface area contributed by atoms with Crippen LogP contribution in [0.25, 0.3) is 11.3 Å². The number of aromatic nitrogens is 1. The Labute approximate surface area is 135 Å². The van der Waals surface area contributed by atoms with Crippen LogP contribution in [-0.2, 0) is 0 Å². The van der Waals surface area contributed by atoms with Gasteiger partial charge in [0.05, 0.1) is 0 Å². The third kappa shape index (κ3) is 3.45. The van der Waals surface area contributed by atoms with E-state index in [1.165, 1.54) is 5.56 Å².